The highest BCUT2D eigenvalue weighted by Crippen LogP contribution is 2.35. The van der Waals surface area contributed by atoms with Crippen LogP contribution in [0.25, 0.3) is 10.8 Å². The van der Waals surface area contributed by atoms with Crippen molar-refractivity contribution in [2.45, 2.75) is 25.9 Å². The number of phenols is 1. The molecule has 3 rings (SSSR count). The number of ether oxygens (including phenoxy) is 2. The Hall–Kier alpha value is -4.00. The summed E-state index contributed by atoms with van der Waals surface area (Å²) in [6.07, 6.45) is 2.44. The Morgan fingerprint density at radius 1 is 1.09 bits per heavy atom. The summed E-state index contributed by atoms with van der Waals surface area (Å²) in [7, 11) is 1.46. The van der Waals surface area contributed by atoms with Crippen molar-refractivity contribution >= 4 is 28.5 Å². The number of carbonyl (C=O) groups excluding carboxylic acids is 1. The molecule has 0 unspecified atom stereocenters. The highest BCUT2D eigenvalue weighted by Gasteiger charge is 2.25. The zero-order chi connectivity index (χ0) is 23.8. The quantitative estimate of drug-likeness (QED) is 0.351. The summed E-state index contributed by atoms with van der Waals surface area (Å²) < 4.78 is 10.9. The van der Waals surface area contributed by atoms with Gasteiger partial charge in [0.2, 0.25) is 0 Å². The molecule has 0 aliphatic carbocycles. The van der Waals surface area contributed by atoms with Gasteiger partial charge in [-0.25, -0.2) is 9.59 Å². The number of carboxylic acids is 1. The molecule has 0 aromatic heterocycles. The highest BCUT2D eigenvalue weighted by atomic mass is 16.6. The normalized spacial score (nSPS) is 12.9. The van der Waals surface area contributed by atoms with E-state index in [2.05, 4.69) is 5.32 Å². The average Bonchev–Trinajstić information content (AvgIpc) is 2.80. The number of carbonyl (C=O) groups is 2. The molecule has 0 fully saturated rings. The molecule has 0 saturated carbocycles. The summed E-state index contributed by atoms with van der Waals surface area (Å²) in [6.45, 7) is 1.91. The predicted octanol–water partition coefficient (Wildman–Crippen LogP) is 5.90. The number of nitrogens with one attached hydrogen (secondary N) is 1. The van der Waals surface area contributed by atoms with E-state index in [0.29, 0.717) is 29.8 Å². The Bertz CT molecular complexity index is 1150. The van der Waals surface area contributed by atoms with Crippen LogP contribution in [0.2, 0.25) is 0 Å². The number of methoxy groups -OCH3 is 1. The van der Waals surface area contributed by atoms with Crippen molar-refractivity contribution in [1.82, 2.24) is 0 Å². The first kappa shape index (κ1) is 23.7. The lowest BCUT2D eigenvalue weighted by atomic mass is 9.92. The van der Waals surface area contributed by atoms with Gasteiger partial charge in [0.05, 0.1) is 12.8 Å². The third kappa shape index (κ3) is 6.26. The van der Waals surface area contributed by atoms with Gasteiger partial charge in [-0.3, -0.25) is 5.32 Å². The molecular weight excluding hydrogens is 422 g/mol. The fourth-order valence-electron chi connectivity index (χ4n) is 3.68. The number of allylic oxidation sites excluding steroid dienone is 1. The van der Waals surface area contributed by atoms with Crippen molar-refractivity contribution in [1.29, 1.82) is 0 Å². The molecule has 1 amide bonds. The highest BCUT2D eigenvalue weighted by molar-refractivity contribution is 6.00. The number of amides is 1. The summed E-state index contributed by atoms with van der Waals surface area (Å²) in [6, 6.07) is 18.2. The summed E-state index contributed by atoms with van der Waals surface area (Å²) in [5, 5.41) is 23.7. The standard InChI is InChI=1S/C26H27NO6/c1-17(8-3-6-13-24(29)30)25(19-14-15-23(32-2)22(28)16-19)33-26(31)27-21-12-7-10-18-9-4-5-11-20(18)21/h4-7,9-17,25,28H,3,8H2,1-2H3,(H,27,31)(H,29,30)/b13-6+/t17-,25+/m0/s1. The molecule has 3 aromatic carbocycles. The molecule has 7 heteroatoms. The lowest BCUT2D eigenvalue weighted by Crippen LogP contribution is -2.22. The lowest BCUT2D eigenvalue weighted by Gasteiger charge is -2.25. The molecule has 172 valence electrons. The number of carboxylic acid groups (broad SMARTS) is 1. The fourth-order valence-corrected chi connectivity index (χ4v) is 3.68. The molecule has 2 atom stereocenters. The zero-order valence-corrected chi connectivity index (χ0v) is 18.5. The van der Waals surface area contributed by atoms with Crippen molar-refractivity contribution in [2.75, 3.05) is 12.4 Å². The molecule has 0 heterocycles. The number of phenolic OH excluding ortho intramolecular Hbond substituents is 1. The van der Waals surface area contributed by atoms with Crippen LogP contribution in [-0.2, 0) is 9.53 Å². The van der Waals surface area contributed by atoms with E-state index in [1.54, 1.807) is 24.3 Å². The average molecular weight is 450 g/mol. The third-order valence-electron chi connectivity index (χ3n) is 5.36. The zero-order valence-electron chi connectivity index (χ0n) is 18.5. The molecule has 0 saturated heterocycles. The van der Waals surface area contributed by atoms with Crippen LogP contribution in [-0.4, -0.2) is 29.4 Å². The van der Waals surface area contributed by atoms with E-state index in [9.17, 15) is 14.7 Å². The minimum Gasteiger partial charge on any atom is -0.504 e. The van der Waals surface area contributed by atoms with E-state index in [4.69, 9.17) is 14.6 Å². The van der Waals surface area contributed by atoms with E-state index in [0.717, 1.165) is 16.8 Å². The van der Waals surface area contributed by atoms with Gasteiger partial charge < -0.3 is 19.7 Å². The molecule has 0 aliphatic heterocycles. The number of fused-ring (bicyclic) bond motifs is 1. The maximum atomic E-state index is 12.9. The Labute approximate surface area is 192 Å². The molecular formula is C26H27NO6. The minimum absolute atomic E-state index is 0.0592. The van der Waals surface area contributed by atoms with Crippen LogP contribution < -0.4 is 10.1 Å². The van der Waals surface area contributed by atoms with Crippen molar-refractivity contribution in [3.63, 3.8) is 0 Å². The van der Waals surface area contributed by atoms with Gasteiger partial charge in [0.25, 0.3) is 0 Å². The van der Waals surface area contributed by atoms with Gasteiger partial charge >= 0.3 is 12.1 Å². The SMILES string of the molecule is COc1ccc([C@H](OC(=O)Nc2cccc3ccccc23)[C@@H](C)CC/C=C/C(=O)O)cc1O. The van der Waals surface area contributed by atoms with Crippen LogP contribution >= 0.6 is 0 Å². The van der Waals surface area contributed by atoms with Crippen LogP contribution in [0.15, 0.2) is 72.8 Å². The van der Waals surface area contributed by atoms with Crippen molar-refractivity contribution < 1.29 is 29.3 Å². The Morgan fingerprint density at radius 3 is 2.58 bits per heavy atom. The number of hydrogen-bond acceptors (Lipinski definition) is 5. The second-order valence-electron chi connectivity index (χ2n) is 7.70. The molecule has 0 bridgehead atoms. The summed E-state index contributed by atoms with van der Waals surface area (Å²) in [5.41, 5.74) is 1.24. The van der Waals surface area contributed by atoms with E-state index in [1.807, 2.05) is 43.3 Å². The van der Waals surface area contributed by atoms with E-state index >= 15 is 0 Å². The van der Waals surface area contributed by atoms with Crippen LogP contribution in [0.1, 0.15) is 31.4 Å². The van der Waals surface area contributed by atoms with Crippen LogP contribution in [0, 0.1) is 5.92 Å². The topological polar surface area (TPSA) is 105 Å². The van der Waals surface area contributed by atoms with Gasteiger partial charge in [0, 0.05) is 11.5 Å². The first-order valence-electron chi connectivity index (χ1n) is 10.6. The summed E-state index contributed by atoms with van der Waals surface area (Å²) in [5.74, 6) is -0.912. The summed E-state index contributed by atoms with van der Waals surface area (Å²) >= 11 is 0. The number of benzene rings is 3. The second-order valence-corrected chi connectivity index (χ2v) is 7.70. The Kier molecular flexibility index (Phi) is 7.91. The van der Waals surface area contributed by atoms with Crippen LogP contribution in [0.5, 0.6) is 11.5 Å². The number of anilines is 1. The molecule has 0 aliphatic rings. The van der Waals surface area contributed by atoms with Crippen molar-refractivity contribution in [3.05, 3.63) is 78.4 Å². The number of aliphatic carboxylic acids is 1. The monoisotopic (exact) mass is 449 g/mol. The first-order chi connectivity index (χ1) is 15.9. The molecule has 3 N–H and O–H groups in total. The van der Waals surface area contributed by atoms with Gasteiger partial charge in [0.15, 0.2) is 11.5 Å². The maximum absolute atomic E-state index is 12.9. The van der Waals surface area contributed by atoms with E-state index < -0.39 is 18.2 Å². The summed E-state index contributed by atoms with van der Waals surface area (Å²) in [4.78, 5) is 23.6. The van der Waals surface area contributed by atoms with Gasteiger partial charge in [-0.1, -0.05) is 55.5 Å². The number of rotatable bonds is 9. The predicted molar refractivity (Wildman–Crippen MR) is 127 cm³/mol. The van der Waals surface area contributed by atoms with Crippen LogP contribution in [0.4, 0.5) is 10.5 Å². The minimum atomic E-state index is -1.01. The van der Waals surface area contributed by atoms with Gasteiger partial charge in [-0.15, -0.1) is 0 Å². The molecule has 0 radical (unpaired) electrons. The number of aromatic hydroxyl groups is 1. The number of hydrogen-bond donors (Lipinski definition) is 3. The largest absolute Gasteiger partial charge is 0.504 e. The second kappa shape index (κ2) is 11.0. The van der Waals surface area contributed by atoms with E-state index in [1.165, 1.54) is 13.2 Å². The molecule has 0 spiro atoms. The van der Waals surface area contributed by atoms with Gasteiger partial charge in [-0.05, 0) is 47.9 Å². The maximum Gasteiger partial charge on any atom is 0.412 e. The fraction of sp³-hybridized carbons (Fsp3) is 0.231. The lowest BCUT2D eigenvalue weighted by molar-refractivity contribution is -0.131. The first-order valence-corrected chi connectivity index (χ1v) is 10.6. The van der Waals surface area contributed by atoms with E-state index in [-0.39, 0.29) is 11.7 Å². The van der Waals surface area contributed by atoms with Crippen molar-refractivity contribution in [3.8, 4) is 11.5 Å². The van der Waals surface area contributed by atoms with Crippen molar-refractivity contribution in [2.24, 2.45) is 5.92 Å². The Morgan fingerprint density at radius 2 is 1.85 bits per heavy atom. The smallest absolute Gasteiger partial charge is 0.412 e. The molecule has 33 heavy (non-hydrogen) atoms. The van der Waals surface area contributed by atoms with Gasteiger partial charge in [-0.2, -0.15) is 0 Å². The van der Waals surface area contributed by atoms with Crippen LogP contribution in [0.3, 0.4) is 0 Å². The molecule has 7 nitrogen and oxygen atoms in total. The van der Waals surface area contributed by atoms with Gasteiger partial charge in [0.1, 0.15) is 6.10 Å². The third-order valence-corrected chi connectivity index (χ3v) is 5.36. The Balaban J connectivity index is 1.81. The molecule has 3 aromatic rings.